The summed E-state index contributed by atoms with van der Waals surface area (Å²) in [6.45, 7) is 4.28. The quantitative estimate of drug-likeness (QED) is 0.524. The van der Waals surface area contributed by atoms with Gasteiger partial charge in [0, 0.05) is 17.2 Å². The molecular weight excluding hydrogens is 476 g/mol. The third-order valence-corrected chi connectivity index (χ3v) is 8.31. The van der Waals surface area contributed by atoms with Crippen LogP contribution in [-0.2, 0) is 10.0 Å². The Bertz CT molecular complexity index is 1380. The Morgan fingerprint density at radius 2 is 1.67 bits per heavy atom. The van der Waals surface area contributed by atoms with E-state index in [2.05, 4.69) is 20.0 Å². The van der Waals surface area contributed by atoms with Crippen molar-refractivity contribution in [2.75, 3.05) is 11.3 Å². The molecule has 2 heterocycles. The van der Waals surface area contributed by atoms with Gasteiger partial charge in [-0.05, 0) is 61.9 Å². The zero-order chi connectivity index (χ0) is 25.3. The molecule has 1 atom stereocenters. The molecule has 8 nitrogen and oxygen atoms in total. The van der Waals surface area contributed by atoms with Gasteiger partial charge in [0.05, 0.1) is 17.1 Å². The number of aromatic nitrogens is 2. The van der Waals surface area contributed by atoms with Crippen LogP contribution in [0.3, 0.4) is 0 Å². The summed E-state index contributed by atoms with van der Waals surface area (Å²) in [4.78, 5) is 21.9. The molecule has 188 valence electrons. The Kier molecular flexibility index (Phi) is 6.66. The van der Waals surface area contributed by atoms with E-state index in [0.717, 1.165) is 42.4 Å². The number of anilines is 1. The first-order chi connectivity index (χ1) is 17.3. The van der Waals surface area contributed by atoms with Gasteiger partial charge in [0.2, 0.25) is 11.8 Å². The fourth-order valence-electron chi connectivity index (χ4n) is 5.12. The van der Waals surface area contributed by atoms with Crippen molar-refractivity contribution in [3.63, 3.8) is 0 Å². The van der Waals surface area contributed by atoms with Crippen molar-refractivity contribution in [1.29, 1.82) is 0 Å². The van der Waals surface area contributed by atoms with Crippen molar-refractivity contribution < 1.29 is 17.9 Å². The van der Waals surface area contributed by atoms with Gasteiger partial charge in [0.1, 0.15) is 6.10 Å². The number of hydrogen-bond acceptors (Lipinski definition) is 6. The third-order valence-electron chi connectivity index (χ3n) is 6.98. The first-order valence-electron chi connectivity index (χ1n) is 12.3. The molecule has 36 heavy (non-hydrogen) atoms. The Hall–Kier alpha value is -3.46. The summed E-state index contributed by atoms with van der Waals surface area (Å²) < 4.78 is 35.3. The lowest BCUT2D eigenvalue weighted by Gasteiger charge is -2.30. The molecule has 1 aromatic heterocycles. The third kappa shape index (κ3) is 5.06. The number of amides is 1. The highest BCUT2D eigenvalue weighted by Gasteiger charge is 2.28. The maximum atomic E-state index is 13.2. The fraction of sp³-hybridized carbons (Fsp3) is 0.370. The van der Waals surface area contributed by atoms with E-state index in [1.165, 1.54) is 18.6 Å². The largest absolute Gasteiger partial charge is 0.472 e. The van der Waals surface area contributed by atoms with Gasteiger partial charge in [-0.3, -0.25) is 4.79 Å². The molecule has 1 aliphatic carbocycles. The molecule has 9 heteroatoms. The van der Waals surface area contributed by atoms with Crippen LogP contribution in [0.5, 0.6) is 5.88 Å². The summed E-state index contributed by atoms with van der Waals surface area (Å²) >= 11 is 0. The smallest absolute Gasteiger partial charge is 0.264 e. The number of fused-ring (bicyclic) bond motifs is 4. The lowest BCUT2D eigenvalue weighted by atomic mass is 9.85. The van der Waals surface area contributed by atoms with Crippen molar-refractivity contribution in [3.8, 4) is 17.1 Å². The van der Waals surface area contributed by atoms with Gasteiger partial charge in [-0.25, -0.2) is 18.1 Å². The summed E-state index contributed by atoms with van der Waals surface area (Å²) in [6.07, 6.45) is 5.13. The van der Waals surface area contributed by atoms with Crippen molar-refractivity contribution in [1.82, 2.24) is 15.3 Å². The molecule has 1 aliphatic heterocycles. The Morgan fingerprint density at radius 1 is 0.944 bits per heavy atom. The second-order valence-corrected chi connectivity index (χ2v) is 11.3. The Morgan fingerprint density at radius 3 is 2.42 bits per heavy atom. The standard InChI is InChI=1S/C27H30N4O4S/c1-17-8-6-9-18(2)25(17)22-15-24-30-27(29-22)31-36(33,34)21-13-7-12-20(14-21)26(32)28-16-23(35-24)19-10-4-3-5-11-19/h6-9,12-15,19,23H,3-5,10-11,16H2,1-2H3,(H,28,32)(H,29,30,31)/t23-/m1/s1. The summed E-state index contributed by atoms with van der Waals surface area (Å²) in [5, 5.41) is 2.95. The van der Waals surface area contributed by atoms with Gasteiger partial charge in [-0.2, -0.15) is 4.98 Å². The number of benzene rings is 2. The van der Waals surface area contributed by atoms with Gasteiger partial charge in [-0.15, -0.1) is 0 Å². The van der Waals surface area contributed by atoms with E-state index >= 15 is 0 Å². The van der Waals surface area contributed by atoms with Gasteiger partial charge in [0.15, 0.2) is 0 Å². The Balaban J connectivity index is 1.64. The van der Waals surface area contributed by atoms with Crippen LogP contribution in [0.1, 0.15) is 53.6 Å². The minimum absolute atomic E-state index is 0.0400. The maximum Gasteiger partial charge on any atom is 0.264 e. The van der Waals surface area contributed by atoms with Gasteiger partial charge < -0.3 is 10.1 Å². The topological polar surface area (TPSA) is 110 Å². The second-order valence-electron chi connectivity index (χ2n) is 9.58. The number of rotatable bonds is 2. The van der Waals surface area contributed by atoms with Crippen LogP contribution in [0.25, 0.3) is 11.3 Å². The molecule has 2 aromatic carbocycles. The lowest BCUT2D eigenvalue weighted by molar-refractivity contribution is 0.0825. The van der Waals surface area contributed by atoms with E-state index in [9.17, 15) is 13.2 Å². The molecule has 1 saturated carbocycles. The lowest BCUT2D eigenvalue weighted by Crippen LogP contribution is -2.41. The van der Waals surface area contributed by atoms with E-state index in [0.29, 0.717) is 12.2 Å². The van der Waals surface area contributed by atoms with Crippen LogP contribution in [0, 0.1) is 19.8 Å². The number of sulfonamides is 1. The van der Waals surface area contributed by atoms with Gasteiger partial charge in [-0.1, -0.05) is 43.5 Å². The second kappa shape index (κ2) is 9.89. The summed E-state index contributed by atoms with van der Waals surface area (Å²) in [6, 6.07) is 13.7. The van der Waals surface area contributed by atoms with Crippen LogP contribution in [0.2, 0.25) is 0 Å². The van der Waals surface area contributed by atoms with E-state index in [1.54, 1.807) is 18.2 Å². The first kappa shape index (κ1) is 24.2. The van der Waals surface area contributed by atoms with E-state index < -0.39 is 10.0 Å². The zero-order valence-electron chi connectivity index (χ0n) is 20.5. The summed E-state index contributed by atoms with van der Waals surface area (Å²) in [5.74, 6) is 0.117. The van der Waals surface area contributed by atoms with Crippen LogP contribution in [0.4, 0.5) is 5.95 Å². The molecule has 1 fully saturated rings. The average Bonchev–Trinajstić information content (AvgIpc) is 2.86. The van der Waals surface area contributed by atoms with Crippen LogP contribution in [0.15, 0.2) is 53.4 Å². The predicted octanol–water partition coefficient (Wildman–Crippen LogP) is 4.63. The van der Waals surface area contributed by atoms with Crippen molar-refractivity contribution in [2.45, 2.75) is 57.0 Å². The number of ether oxygens (including phenoxy) is 1. The number of aryl methyl sites for hydroxylation is 2. The van der Waals surface area contributed by atoms with Crippen molar-refractivity contribution >= 4 is 21.9 Å². The van der Waals surface area contributed by atoms with Crippen LogP contribution in [-0.4, -0.2) is 36.9 Å². The molecule has 0 unspecified atom stereocenters. The number of carbonyl (C=O) groups excluding carboxylic acids is 1. The molecule has 4 bridgehead atoms. The number of hydrogen-bond donors (Lipinski definition) is 2. The molecule has 0 radical (unpaired) electrons. The minimum atomic E-state index is -4.05. The molecule has 5 rings (SSSR count). The number of nitrogens with zero attached hydrogens (tertiary/aromatic N) is 2. The number of carbonyl (C=O) groups is 1. The highest BCUT2D eigenvalue weighted by atomic mass is 32.2. The normalized spacial score (nSPS) is 20.1. The molecule has 2 aliphatic rings. The molecule has 0 spiro atoms. The monoisotopic (exact) mass is 506 g/mol. The SMILES string of the molecule is Cc1cccc(C)c1-c1cc2nc(n1)NS(=O)(=O)c1cccc(c1)C(=O)NC[C@H](C1CCCCC1)O2. The van der Waals surface area contributed by atoms with Crippen molar-refractivity contribution in [2.24, 2.45) is 5.92 Å². The minimum Gasteiger partial charge on any atom is -0.472 e. The summed E-state index contributed by atoms with van der Waals surface area (Å²) in [7, 11) is -4.05. The number of nitrogens with one attached hydrogen (secondary N) is 2. The van der Waals surface area contributed by atoms with E-state index in [4.69, 9.17) is 4.74 Å². The van der Waals surface area contributed by atoms with Gasteiger partial charge >= 0.3 is 0 Å². The highest BCUT2D eigenvalue weighted by molar-refractivity contribution is 7.92. The predicted molar refractivity (Wildman–Crippen MR) is 138 cm³/mol. The van der Waals surface area contributed by atoms with Crippen molar-refractivity contribution in [3.05, 3.63) is 65.2 Å². The average molecular weight is 507 g/mol. The summed E-state index contributed by atoms with van der Waals surface area (Å²) in [5.41, 5.74) is 3.76. The zero-order valence-corrected chi connectivity index (χ0v) is 21.3. The van der Waals surface area contributed by atoms with Gasteiger partial charge in [0.25, 0.3) is 15.9 Å². The maximum absolute atomic E-state index is 13.2. The van der Waals surface area contributed by atoms with Crippen LogP contribution >= 0.6 is 0 Å². The van der Waals surface area contributed by atoms with E-state index in [-0.39, 0.29) is 40.2 Å². The molecule has 1 amide bonds. The van der Waals surface area contributed by atoms with E-state index in [1.807, 2.05) is 32.0 Å². The molecule has 3 aromatic rings. The molecule has 0 saturated heterocycles. The van der Waals surface area contributed by atoms with Crippen LogP contribution < -0.4 is 14.8 Å². The Labute approximate surface area is 211 Å². The molecular formula is C27H30N4O4S. The fourth-order valence-corrected chi connectivity index (χ4v) is 6.11. The first-order valence-corrected chi connectivity index (χ1v) is 13.8. The highest BCUT2D eigenvalue weighted by Crippen LogP contribution is 2.32. The molecule has 2 N–H and O–H groups in total.